The van der Waals surface area contributed by atoms with Crippen LogP contribution < -0.4 is 11.3 Å². The highest BCUT2D eigenvalue weighted by atomic mass is 31.2. The molecule has 2 bridgehead atoms. The first-order chi connectivity index (χ1) is 20.9. The average molecular weight is 659 g/mol. The normalized spacial score (nSPS) is 38.3. The summed E-state index contributed by atoms with van der Waals surface area (Å²) in [6.07, 6.45) is -7.73. The van der Waals surface area contributed by atoms with Gasteiger partial charge in [0.15, 0.2) is 17.7 Å². The van der Waals surface area contributed by atoms with Crippen molar-refractivity contribution in [2.45, 2.75) is 49.0 Å². The van der Waals surface area contributed by atoms with Crippen molar-refractivity contribution in [1.82, 2.24) is 39.1 Å². The van der Waals surface area contributed by atoms with Crippen molar-refractivity contribution in [2.75, 3.05) is 18.9 Å². The number of anilines is 1. The van der Waals surface area contributed by atoms with Gasteiger partial charge in [-0.3, -0.25) is 27.5 Å². The Hall–Kier alpha value is -3.24. The number of imidazole rings is 2. The van der Waals surface area contributed by atoms with Gasteiger partial charge in [0.25, 0.3) is 5.56 Å². The Balaban J connectivity index is 1.20. The summed E-state index contributed by atoms with van der Waals surface area (Å²) < 4.78 is 61.0. The number of aromatic nitrogens is 8. The van der Waals surface area contributed by atoms with E-state index in [1.807, 2.05) is 0 Å². The zero-order valence-electron chi connectivity index (χ0n) is 21.9. The molecule has 0 aromatic carbocycles. The van der Waals surface area contributed by atoms with E-state index < -0.39 is 83.4 Å². The molecule has 44 heavy (non-hydrogen) atoms. The quantitative estimate of drug-likeness (QED) is 0.126. The number of nitrogen functional groups attached to an aromatic ring is 1. The second-order valence-corrected chi connectivity index (χ2v) is 12.7. The Morgan fingerprint density at radius 1 is 0.932 bits per heavy atom. The van der Waals surface area contributed by atoms with Crippen LogP contribution in [0.4, 0.5) is 5.82 Å². The van der Waals surface area contributed by atoms with Crippen LogP contribution in [-0.4, -0.2) is 109 Å². The number of hydrogen-bond acceptors (Lipinski definition) is 17. The summed E-state index contributed by atoms with van der Waals surface area (Å²) in [5.74, 6) is 0.0406. The molecule has 7 heterocycles. The van der Waals surface area contributed by atoms with Crippen molar-refractivity contribution < 1.29 is 56.7 Å². The molecule has 7 rings (SSSR count). The molecule has 4 aromatic heterocycles. The molecule has 3 fully saturated rings. The van der Waals surface area contributed by atoms with Gasteiger partial charge in [0.1, 0.15) is 60.9 Å². The number of phosphoric ester groups is 2. The Kier molecular flexibility index (Phi) is 7.16. The third-order valence-electron chi connectivity index (χ3n) is 7.25. The SMILES string of the molecule is Nc1ncnc2c1ncn2[C@@H]1O[C@@H]2COP(=O)(O)O[C@@H]3[C@H](O)[C@@H](COP(=O)(O)O[C@H]2[C@H]1O)O[C@H]3c1cnc2c(=O)[nH]cnn12. The molecule has 0 aliphatic carbocycles. The minimum Gasteiger partial charge on any atom is -0.387 e. The van der Waals surface area contributed by atoms with Gasteiger partial charge < -0.3 is 40.2 Å². The van der Waals surface area contributed by atoms with E-state index in [0.717, 1.165) is 17.2 Å². The fourth-order valence-corrected chi connectivity index (χ4v) is 7.15. The van der Waals surface area contributed by atoms with E-state index in [1.54, 1.807) is 0 Å². The molecule has 4 aromatic rings. The van der Waals surface area contributed by atoms with E-state index >= 15 is 0 Å². The lowest BCUT2D eigenvalue weighted by atomic mass is 10.1. The van der Waals surface area contributed by atoms with Crippen molar-refractivity contribution in [3.63, 3.8) is 0 Å². The minimum atomic E-state index is -5.08. The molecule has 10 atom stereocenters. The Morgan fingerprint density at radius 3 is 2.43 bits per heavy atom. The molecular weight excluding hydrogens is 636 g/mol. The van der Waals surface area contributed by atoms with Crippen LogP contribution in [-0.2, 0) is 36.7 Å². The number of aliphatic hydroxyl groups is 2. The molecule has 24 heteroatoms. The highest BCUT2D eigenvalue weighted by Crippen LogP contribution is 2.54. The first-order valence-corrected chi connectivity index (χ1v) is 15.7. The summed E-state index contributed by atoms with van der Waals surface area (Å²) in [6.45, 7) is -1.60. The van der Waals surface area contributed by atoms with Gasteiger partial charge in [-0.15, -0.1) is 0 Å². The van der Waals surface area contributed by atoms with E-state index in [2.05, 4.69) is 30.0 Å². The number of H-pyrrole nitrogens is 1. The largest absolute Gasteiger partial charge is 0.472 e. The van der Waals surface area contributed by atoms with Crippen molar-refractivity contribution >= 4 is 38.3 Å². The Bertz CT molecular complexity index is 1880. The number of ether oxygens (including phenoxy) is 2. The first kappa shape index (κ1) is 29.5. The lowest BCUT2D eigenvalue weighted by molar-refractivity contribution is -0.0573. The molecule has 3 aliphatic heterocycles. The molecule has 22 nitrogen and oxygen atoms in total. The molecular formula is C20H23N9O13P2. The monoisotopic (exact) mass is 659 g/mol. The van der Waals surface area contributed by atoms with Gasteiger partial charge in [0.2, 0.25) is 5.65 Å². The number of aromatic amines is 1. The van der Waals surface area contributed by atoms with Crippen LogP contribution in [0.15, 0.2) is 30.0 Å². The number of fused-ring (bicyclic) bond motifs is 5. The number of hydrogen-bond donors (Lipinski definition) is 6. The number of nitrogens with two attached hydrogens (primary N) is 1. The van der Waals surface area contributed by atoms with Gasteiger partial charge in [0.05, 0.1) is 31.4 Å². The maximum atomic E-state index is 13.2. The summed E-state index contributed by atoms with van der Waals surface area (Å²) >= 11 is 0. The van der Waals surface area contributed by atoms with Crippen LogP contribution in [0, 0.1) is 0 Å². The fourth-order valence-electron chi connectivity index (χ4n) is 5.24. The number of nitrogens with zero attached hydrogens (tertiary/aromatic N) is 7. The maximum Gasteiger partial charge on any atom is 0.472 e. The number of aliphatic hydroxyl groups excluding tert-OH is 2. The first-order valence-electron chi connectivity index (χ1n) is 12.8. The van der Waals surface area contributed by atoms with Gasteiger partial charge in [-0.25, -0.2) is 33.6 Å². The summed E-state index contributed by atoms with van der Waals surface area (Å²) in [6, 6.07) is 0. The Labute approximate surface area is 243 Å². The number of nitrogens with one attached hydrogen (secondary N) is 1. The highest BCUT2D eigenvalue weighted by Gasteiger charge is 2.54. The maximum absolute atomic E-state index is 13.2. The average Bonchev–Trinajstić information content (AvgIpc) is 3.73. The van der Waals surface area contributed by atoms with Gasteiger partial charge >= 0.3 is 15.6 Å². The molecule has 236 valence electrons. The second kappa shape index (κ2) is 10.7. The van der Waals surface area contributed by atoms with E-state index in [9.17, 15) is 33.9 Å². The van der Waals surface area contributed by atoms with Crippen molar-refractivity contribution in [3.8, 4) is 0 Å². The topological polar surface area (TPSA) is 303 Å². The zero-order valence-corrected chi connectivity index (χ0v) is 23.7. The van der Waals surface area contributed by atoms with Crippen LogP contribution in [0.3, 0.4) is 0 Å². The van der Waals surface area contributed by atoms with Gasteiger partial charge in [-0.1, -0.05) is 0 Å². The van der Waals surface area contributed by atoms with Crippen molar-refractivity contribution in [1.29, 1.82) is 0 Å². The third kappa shape index (κ3) is 5.04. The standard InChI is InChI=1S/C20H23N9O13P2/c21-16-10-17(24-4-23-16)28(6-26-10)20-12(31)14-9(40-20)3-38-44(35,36)42-15-11(30)8(2-37-43(33,34)41-14)39-13(15)7-1-22-18-19(32)25-5-27-29(7)18/h1,4-6,8-9,11-15,20,30-31H,2-3H2,(H,33,34)(H,35,36)(H2,21,23,24)(H,25,27,32)/t8-,9-,11-,12-,13+,14-,15-,20-/m1/s1. The summed E-state index contributed by atoms with van der Waals surface area (Å²) in [7, 11) is -10.1. The van der Waals surface area contributed by atoms with Crippen LogP contribution >= 0.6 is 15.6 Å². The minimum absolute atomic E-state index is 0.0373. The summed E-state index contributed by atoms with van der Waals surface area (Å²) in [4.78, 5) is 51.7. The smallest absolute Gasteiger partial charge is 0.387 e. The lowest BCUT2D eigenvalue weighted by Crippen LogP contribution is -2.36. The van der Waals surface area contributed by atoms with Crippen molar-refractivity contribution in [3.05, 3.63) is 41.2 Å². The molecule has 7 N–H and O–H groups in total. The van der Waals surface area contributed by atoms with Gasteiger partial charge in [0, 0.05) is 0 Å². The van der Waals surface area contributed by atoms with E-state index in [1.165, 1.54) is 17.1 Å². The molecule has 0 amide bonds. The fraction of sp³-hybridized carbons (Fsp3) is 0.500. The van der Waals surface area contributed by atoms with Crippen LogP contribution in [0.2, 0.25) is 0 Å². The molecule has 3 aliphatic rings. The van der Waals surface area contributed by atoms with E-state index in [-0.39, 0.29) is 28.3 Å². The molecule has 0 spiro atoms. The van der Waals surface area contributed by atoms with Crippen LogP contribution in [0.25, 0.3) is 16.8 Å². The van der Waals surface area contributed by atoms with E-state index in [0.29, 0.717) is 0 Å². The van der Waals surface area contributed by atoms with Crippen LogP contribution in [0.1, 0.15) is 18.0 Å². The molecule has 0 radical (unpaired) electrons. The van der Waals surface area contributed by atoms with E-state index in [4.69, 9.17) is 33.3 Å². The Morgan fingerprint density at radius 2 is 1.66 bits per heavy atom. The number of phosphoric acid groups is 2. The zero-order chi connectivity index (χ0) is 31.0. The van der Waals surface area contributed by atoms with Gasteiger partial charge in [-0.05, 0) is 0 Å². The summed E-state index contributed by atoms with van der Waals surface area (Å²) in [5.41, 5.74) is 5.44. The predicted molar refractivity (Wildman–Crippen MR) is 138 cm³/mol. The lowest BCUT2D eigenvalue weighted by Gasteiger charge is -2.25. The predicted octanol–water partition coefficient (Wildman–Crippen LogP) is -2.08. The summed E-state index contributed by atoms with van der Waals surface area (Å²) in [5, 5.41) is 26.1. The second-order valence-electron chi connectivity index (χ2n) is 9.93. The molecule has 3 saturated heterocycles. The molecule has 0 saturated carbocycles. The van der Waals surface area contributed by atoms with Crippen molar-refractivity contribution in [2.24, 2.45) is 0 Å². The van der Waals surface area contributed by atoms with Crippen LogP contribution in [0.5, 0.6) is 0 Å². The van der Waals surface area contributed by atoms with Gasteiger partial charge in [-0.2, -0.15) is 5.10 Å². The third-order valence-corrected chi connectivity index (χ3v) is 9.22. The highest BCUT2D eigenvalue weighted by molar-refractivity contribution is 7.47. The number of rotatable bonds is 2. The molecule has 2 unspecified atom stereocenters.